The number of carbonyl (C=O) groups excluding carboxylic acids is 1. The second-order valence-corrected chi connectivity index (χ2v) is 8.83. The van der Waals surface area contributed by atoms with Crippen molar-refractivity contribution in [1.29, 1.82) is 0 Å². The van der Waals surface area contributed by atoms with Crippen LogP contribution in [0, 0.1) is 5.92 Å². The summed E-state index contributed by atoms with van der Waals surface area (Å²) in [4.78, 5) is 12.1. The van der Waals surface area contributed by atoms with Gasteiger partial charge >= 0.3 is 0 Å². The van der Waals surface area contributed by atoms with E-state index in [0.717, 1.165) is 5.52 Å². The highest BCUT2D eigenvalue weighted by atomic mass is 32.2. The van der Waals surface area contributed by atoms with Gasteiger partial charge in [-0.05, 0) is 25.3 Å². The minimum Gasteiger partial charge on any atom is -0.493 e. The third kappa shape index (κ3) is 4.54. The summed E-state index contributed by atoms with van der Waals surface area (Å²) in [5.41, 5.74) is 1.01. The molecule has 0 unspecified atom stereocenters. The second-order valence-electron chi connectivity index (χ2n) is 6.60. The molecular weight excluding hydrogens is 370 g/mol. The zero-order valence-corrected chi connectivity index (χ0v) is 16.0. The Morgan fingerprint density at radius 3 is 2.85 bits per heavy atom. The van der Waals surface area contributed by atoms with Crippen LogP contribution in [0.1, 0.15) is 19.8 Å². The number of aromatic hydroxyl groups is 1. The molecule has 3 rings (SSSR count). The van der Waals surface area contributed by atoms with Crippen LogP contribution in [-0.4, -0.2) is 48.7 Å². The first-order valence-electron chi connectivity index (χ1n) is 8.94. The number of sulfone groups is 1. The molecule has 9 heteroatoms. The number of carbonyl (C=O) groups is 1. The van der Waals surface area contributed by atoms with E-state index in [1.54, 1.807) is 10.6 Å². The van der Waals surface area contributed by atoms with Crippen LogP contribution in [0.2, 0.25) is 0 Å². The van der Waals surface area contributed by atoms with Gasteiger partial charge in [0.2, 0.25) is 5.88 Å². The van der Waals surface area contributed by atoms with Crippen LogP contribution in [0.3, 0.4) is 0 Å². The standard InChI is InChI=1S/C18H23N3O5S/c1-2-26-9-8-21-15-6-4-3-5-14(15)17(18(21)23)20-19-16(22)11-13-7-10-27(24,25)12-13/h3-6,13,23H,2,7-12H2,1H3/t13-/m0/s1. The average molecular weight is 393 g/mol. The van der Waals surface area contributed by atoms with Gasteiger partial charge in [0.25, 0.3) is 5.91 Å². The first-order valence-corrected chi connectivity index (χ1v) is 10.8. The monoisotopic (exact) mass is 393 g/mol. The van der Waals surface area contributed by atoms with Gasteiger partial charge in [0.1, 0.15) is 0 Å². The molecule has 0 bridgehead atoms. The molecule has 0 aliphatic carbocycles. The summed E-state index contributed by atoms with van der Waals surface area (Å²) in [6.45, 7) is 3.37. The Morgan fingerprint density at radius 1 is 1.37 bits per heavy atom. The molecule has 1 aromatic carbocycles. The molecular formula is C18H23N3O5S. The lowest BCUT2D eigenvalue weighted by molar-refractivity contribution is -0.119. The maximum Gasteiger partial charge on any atom is 0.265 e. The number of para-hydroxylation sites is 1. The molecule has 2 aromatic rings. The third-order valence-electron chi connectivity index (χ3n) is 4.63. The van der Waals surface area contributed by atoms with Gasteiger partial charge in [-0.25, -0.2) is 8.42 Å². The van der Waals surface area contributed by atoms with Gasteiger partial charge in [-0.3, -0.25) is 4.79 Å². The fraction of sp³-hybridized carbons (Fsp3) is 0.500. The molecule has 2 heterocycles. The number of fused-ring (bicyclic) bond motifs is 1. The lowest BCUT2D eigenvalue weighted by Gasteiger charge is -2.06. The van der Waals surface area contributed by atoms with E-state index in [0.29, 0.717) is 31.6 Å². The van der Waals surface area contributed by atoms with Crippen molar-refractivity contribution in [3.63, 3.8) is 0 Å². The van der Waals surface area contributed by atoms with E-state index >= 15 is 0 Å². The highest BCUT2D eigenvalue weighted by Crippen LogP contribution is 2.38. The SMILES string of the molecule is CCOCCn1c(O)c(N=NC(=O)C[C@@H]2CCS(=O)(=O)C2)c2ccccc21. The summed E-state index contributed by atoms with van der Waals surface area (Å²) in [6.07, 6.45) is 0.526. The number of ether oxygens (including phenoxy) is 1. The van der Waals surface area contributed by atoms with Crippen molar-refractivity contribution in [3.05, 3.63) is 24.3 Å². The summed E-state index contributed by atoms with van der Waals surface area (Å²) in [5.74, 6) is -0.618. The van der Waals surface area contributed by atoms with E-state index in [4.69, 9.17) is 4.74 Å². The van der Waals surface area contributed by atoms with Crippen molar-refractivity contribution in [1.82, 2.24) is 4.57 Å². The zero-order valence-electron chi connectivity index (χ0n) is 15.2. The molecule has 1 amide bonds. The number of rotatable bonds is 7. The maximum atomic E-state index is 12.1. The first kappa shape index (κ1) is 19.5. The Hall–Kier alpha value is -2.26. The van der Waals surface area contributed by atoms with Crippen molar-refractivity contribution < 1.29 is 23.1 Å². The predicted molar refractivity (Wildman–Crippen MR) is 101 cm³/mol. The molecule has 146 valence electrons. The average Bonchev–Trinajstić information content (AvgIpc) is 3.10. The Kier molecular flexibility index (Phi) is 5.91. The van der Waals surface area contributed by atoms with Gasteiger partial charge < -0.3 is 14.4 Å². The van der Waals surface area contributed by atoms with Crippen LogP contribution in [0.4, 0.5) is 5.69 Å². The molecule has 1 atom stereocenters. The normalized spacial score (nSPS) is 19.2. The molecule has 8 nitrogen and oxygen atoms in total. The van der Waals surface area contributed by atoms with Gasteiger partial charge in [0, 0.05) is 25.0 Å². The first-order chi connectivity index (χ1) is 12.9. The highest BCUT2D eigenvalue weighted by Gasteiger charge is 2.29. The number of azo groups is 1. The smallest absolute Gasteiger partial charge is 0.265 e. The van der Waals surface area contributed by atoms with E-state index in [-0.39, 0.29) is 35.4 Å². The minimum absolute atomic E-state index is 0.0241. The van der Waals surface area contributed by atoms with Crippen LogP contribution < -0.4 is 0 Å². The van der Waals surface area contributed by atoms with E-state index in [1.807, 2.05) is 25.1 Å². The fourth-order valence-electron chi connectivity index (χ4n) is 3.32. The lowest BCUT2D eigenvalue weighted by Crippen LogP contribution is -2.08. The summed E-state index contributed by atoms with van der Waals surface area (Å²) in [7, 11) is -3.03. The molecule has 1 aliphatic heterocycles. The van der Waals surface area contributed by atoms with Crippen LogP contribution in [0.5, 0.6) is 5.88 Å². The maximum absolute atomic E-state index is 12.1. The lowest BCUT2D eigenvalue weighted by atomic mass is 10.1. The Bertz CT molecular complexity index is 965. The van der Waals surface area contributed by atoms with E-state index in [2.05, 4.69) is 10.2 Å². The Labute approximate surface area is 157 Å². The Morgan fingerprint density at radius 2 is 2.15 bits per heavy atom. The number of hydrogen-bond donors (Lipinski definition) is 1. The van der Waals surface area contributed by atoms with Crippen molar-refractivity contribution in [3.8, 4) is 5.88 Å². The molecule has 0 radical (unpaired) electrons. The van der Waals surface area contributed by atoms with E-state index in [9.17, 15) is 18.3 Å². The van der Waals surface area contributed by atoms with Gasteiger partial charge in [0.15, 0.2) is 15.5 Å². The number of amides is 1. The third-order valence-corrected chi connectivity index (χ3v) is 6.47. The van der Waals surface area contributed by atoms with Crippen LogP contribution >= 0.6 is 0 Å². The molecule has 1 fully saturated rings. The second kappa shape index (κ2) is 8.18. The van der Waals surface area contributed by atoms with Gasteiger partial charge in [-0.2, -0.15) is 0 Å². The van der Waals surface area contributed by atoms with Gasteiger partial charge in [-0.15, -0.1) is 10.2 Å². The highest BCUT2D eigenvalue weighted by molar-refractivity contribution is 7.91. The Balaban J connectivity index is 1.78. The summed E-state index contributed by atoms with van der Waals surface area (Å²) in [6, 6.07) is 7.32. The molecule has 0 saturated carbocycles. The zero-order chi connectivity index (χ0) is 19.4. The predicted octanol–water partition coefficient (Wildman–Crippen LogP) is 2.82. The number of aromatic nitrogens is 1. The van der Waals surface area contributed by atoms with Crippen molar-refractivity contribution in [2.45, 2.75) is 26.3 Å². The van der Waals surface area contributed by atoms with Crippen molar-refractivity contribution in [2.24, 2.45) is 16.1 Å². The van der Waals surface area contributed by atoms with Crippen molar-refractivity contribution >= 4 is 32.3 Å². The number of hydrogen-bond acceptors (Lipinski definition) is 6. The molecule has 0 spiro atoms. The van der Waals surface area contributed by atoms with Crippen LogP contribution in [0.15, 0.2) is 34.5 Å². The largest absolute Gasteiger partial charge is 0.493 e. The minimum atomic E-state index is -3.03. The van der Waals surface area contributed by atoms with E-state index in [1.165, 1.54) is 0 Å². The molecule has 1 aromatic heterocycles. The quantitative estimate of drug-likeness (QED) is 0.574. The number of benzene rings is 1. The molecule has 1 saturated heterocycles. The molecule has 1 aliphatic rings. The van der Waals surface area contributed by atoms with Crippen LogP contribution in [0.25, 0.3) is 10.9 Å². The van der Waals surface area contributed by atoms with Gasteiger partial charge in [-0.1, -0.05) is 18.2 Å². The summed E-state index contributed by atoms with van der Waals surface area (Å²) >= 11 is 0. The number of nitrogens with zero attached hydrogens (tertiary/aromatic N) is 3. The van der Waals surface area contributed by atoms with E-state index < -0.39 is 15.7 Å². The van der Waals surface area contributed by atoms with Gasteiger partial charge in [0.05, 0.1) is 23.6 Å². The van der Waals surface area contributed by atoms with Crippen molar-refractivity contribution in [2.75, 3.05) is 24.7 Å². The van der Waals surface area contributed by atoms with Crippen LogP contribution in [-0.2, 0) is 25.9 Å². The topological polar surface area (TPSA) is 110 Å². The summed E-state index contributed by atoms with van der Waals surface area (Å²) in [5, 5.41) is 18.9. The summed E-state index contributed by atoms with van der Waals surface area (Å²) < 4.78 is 30.0. The molecule has 1 N–H and O–H groups in total. The molecule has 27 heavy (non-hydrogen) atoms. The fourth-order valence-corrected chi connectivity index (χ4v) is 5.19.